The van der Waals surface area contributed by atoms with Gasteiger partial charge in [0.05, 0.1) is 26.4 Å². The number of hydrogen-bond acceptors (Lipinski definition) is 5. The summed E-state index contributed by atoms with van der Waals surface area (Å²) in [6, 6.07) is 10.5. The van der Waals surface area contributed by atoms with Gasteiger partial charge in [-0.3, -0.25) is 4.79 Å². The number of aliphatic hydroxyl groups is 1. The number of amides is 1. The van der Waals surface area contributed by atoms with Crippen molar-refractivity contribution in [3.05, 3.63) is 53.7 Å². The standard InChI is InChI=1S/C19H22N2O4/c1-24-16-5-3-4-12(10-16)19(23)21-18(14-8-15(22)9-14)13-6-7-17(25-2)20-11-13/h3-7,10-11,14-15,18,22H,8-9H2,1-2H3,(H,21,23). The van der Waals surface area contributed by atoms with Gasteiger partial charge in [0, 0.05) is 17.8 Å². The van der Waals surface area contributed by atoms with Crippen LogP contribution in [-0.4, -0.2) is 36.3 Å². The van der Waals surface area contributed by atoms with Crippen LogP contribution in [0.15, 0.2) is 42.6 Å². The van der Waals surface area contributed by atoms with Crippen LogP contribution in [-0.2, 0) is 0 Å². The number of pyridine rings is 1. The molecule has 0 radical (unpaired) electrons. The molecule has 1 saturated carbocycles. The molecular weight excluding hydrogens is 320 g/mol. The lowest BCUT2D eigenvalue weighted by atomic mass is 9.75. The summed E-state index contributed by atoms with van der Waals surface area (Å²) in [5.41, 5.74) is 1.43. The Labute approximate surface area is 146 Å². The smallest absolute Gasteiger partial charge is 0.251 e. The van der Waals surface area contributed by atoms with Crippen LogP contribution < -0.4 is 14.8 Å². The third-order valence-electron chi connectivity index (χ3n) is 4.57. The van der Waals surface area contributed by atoms with Crippen molar-refractivity contribution in [2.24, 2.45) is 5.92 Å². The zero-order chi connectivity index (χ0) is 17.8. The van der Waals surface area contributed by atoms with E-state index in [1.807, 2.05) is 6.07 Å². The van der Waals surface area contributed by atoms with Gasteiger partial charge in [0.25, 0.3) is 5.91 Å². The van der Waals surface area contributed by atoms with Gasteiger partial charge in [0.1, 0.15) is 5.75 Å². The topological polar surface area (TPSA) is 80.7 Å². The molecule has 1 aromatic carbocycles. The first kappa shape index (κ1) is 17.2. The molecule has 1 fully saturated rings. The molecule has 1 unspecified atom stereocenters. The average molecular weight is 342 g/mol. The van der Waals surface area contributed by atoms with Crippen molar-refractivity contribution in [1.29, 1.82) is 0 Å². The van der Waals surface area contributed by atoms with E-state index < -0.39 is 0 Å². The molecule has 6 heteroatoms. The third kappa shape index (κ3) is 3.91. The first-order chi connectivity index (χ1) is 12.1. The maximum atomic E-state index is 12.7. The summed E-state index contributed by atoms with van der Waals surface area (Å²) < 4.78 is 10.3. The molecule has 0 bridgehead atoms. The minimum absolute atomic E-state index is 0.180. The van der Waals surface area contributed by atoms with Crippen LogP contribution in [0.1, 0.15) is 34.8 Å². The van der Waals surface area contributed by atoms with Crippen LogP contribution in [0.3, 0.4) is 0 Å². The predicted molar refractivity (Wildman–Crippen MR) is 92.7 cm³/mol. The number of hydrogen-bond donors (Lipinski definition) is 2. The molecular formula is C19H22N2O4. The van der Waals surface area contributed by atoms with Crippen LogP contribution in [0.5, 0.6) is 11.6 Å². The Morgan fingerprint density at radius 1 is 1.24 bits per heavy atom. The third-order valence-corrected chi connectivity index (χ3v) is 4.57. The lowest BCUT2D eigenvalue weighted by Crippen LogP contribution is -2.41. The number of ether oxygens (including phenoxy) is 2. The number of aliphatic hydroxyl groups excluding tert-OH is 1. The minimum Gasteiger partial charge on any atom is -0.497 e. The van der Waals surface area contributed by atoms with Crippen molar-refractivity contribution >= 4 is 5.91 Å². The lowest BCUT2D eigenvalue weighted by Gasteiger charge is -2.38. The van der Waals surface area contributed by atoms with Crippen molar-refractivity contribution in [2.45, 2.75) is 25.0 Å². The van der Waals surface area contributed by atoms with Crippen molar-refractivity contribution in [3.8, 4) is 11.6 Å². The average Bonchev–Trinajstić information content (AvgIpc) is 2.64. The fourth-order valence-electron chi connectivity index (χ4n) is 3.06. The molecule has 2 N–H and O–H groups in total. The molecule has 3 rings (SSSR count). The molecule has 1 heterocycles. The Hall–Kier alpha value is -2.60. The van der Waals surface area contributed by atoms with Crippen LogP contribution in [0.2, 0.25) is 0 Å². The summed E-state index contributed by atoms with van der Waals surface area (Å²) in [7, 11) is 3.13. The zero-order valence-electron chi connectivity index (χ0n) is 14.3. The highest BCUT2D eigenvalue weighted by Crippen LogP contribution is 2.38. The second-order valence-corrected chi connectivity index (χ2v) is 6.20. The van der Waals surface area contributed by atoms with Crippen molar-refractivity contribution in [2.75, 3.05) is 14.2 Å². The van der Waals surface area contributed by atoms with Crippen LogP contribution >= 0.6 is 0 Å². The minimum atomic E-state index is -0.299. The van der Waals surface area contributed by atoms with Gasteiger partial charge in [0.2, 0.25) is 5.88 Å². The number of benzene rings is 1. The Bertz CT molecular complexity index is 726. The van der Waals surface area contributed by atoms with Gasteiger partial charge in [-0.15, -0.1) is 0 Å². The lowest BCUT2D eigenvalue weighted by molar-refractivity contribution is 0.0234. The monoisotopic (exact) mass is 342 g/mol. The molecule has 1 aromatic heterocycles. The second kappa shape index (κ2) is 7.53. The normalized spacial score (nSPS) is 20.3. The Morgan fingerprint density at radius 2 is 2.04 bits per heavy atom. The predicted octanol–water partition coefficient (Wildman–Crippen LogP) is 2.34. The number of nitrogens with one attached hydrogen (secondary N) is 1. The SMILES string of the molecule is COc1cccc(C(=O)NC(c2ccc(OC)nc2)C2CC(O)C2)c1. The maximum absolute atomic E-state index is 12.7. The van der Waals surface area contributed by atoms with E-state index >= 15 is 0 Å². The number of nitrogens with zero attached hydrogens (tertiary/aromatic N) is 1. The fourth-order valence-corrected chi connectivity index (χ4v) is 3.06. The molecule has 132 valence electrons. The molecule has 1 aliphatic rings. The Balaban J connectivity index is 1.80. The fraction of sp³-hybridized carbons (Fsp3) is 0.368. The molecule has 1 aliphatic carbocycles. The van der Waals surface area contributed by atoms with Gasteiger partial charge in [-0.2, -0.15) is 0 Å². The molecule has 25 heavy (non-hydrogen) atoms. The summed E-state index contributed by atoms with van der Waals surface area (Å²) in [6.45, 7) is 0. The van der Waals surface area contributed by atoms with E-state index in [4.69, 9.17) is 9.47 Å². The van der Waals surface area contributed by atoms with Gasteiger partial charge in [0.15, 0.2) is 0 Å². The first-order valence-corrected chi connectivity index (χ1v) is 8.23. The highest BCUT2D eigenvalue weighted by molar-refractivity contribution is 5.94. The van der Waals surface area contributed by atoms with E-state index in [0.29, 0.717) is 30.0 Å². The second-order valence-electron chi connectivity index (χ2n) is 6.20. The number of carbonyl (C=O) groups excluding carboxylic acids is 1. The molecule has 1 atom stereocenters. The van der Waals surface area contributed by atoms with Gasteiger partial charge >= 0.3 is 0 Å². The maximum Gasteiger partial charge on any atom is 0.251 e. The van der Waals surface area contributed by atoms with Gasteiger partial charge in [-0.1, -0.05) is 12.1 Å². The molecule has 0 spiro atoms. The molecule has 0 aliphatic heterocycles. The van der Waals surface area contributed by atoms with E-state index in [2.05, 4.69) is 10.3 Å². The number of carbonyl (C=O) groups is 1. The van der Waals surface area contributed by atoms with Gasteiger partial charge < -0.3 is 19.9 Å². The highest BCUT2D eigenvalue weighted by Gasteiger charge is 2.36. The Morgan fingerprint density at radius 3 is 2.64 bits per heavy atom. The summed E-state index contributed by atoms with van der Waals surface area (Å²) in [6.07, 6.45) is 2.73. The van der Waals surface area contributed by atoms with Gasteiger partial charge in [-0.25, -0.2) is 4.98 Å². The van der Waals surface area contributed by atoms with Gasteiger partial charge in [-0.05, 0) is 42.5 Å². The number of methoxy groups -OCH3 is 2. The molecule has 6 nitrogen and oxygen atoms in total. The molecule has 1 amide bonds. The Kier molecular flexibility index (Phi) is 5.19. The number of rotatable bonds is 6. The van der Waals surface area contributed by atoms with Crippen molar-refractivity contribution < 1.29 is 19.4 Å². The largest absolute Gasteiger partial charge is 0.497 e. The van der Waals surface area contributed by atoms with E-state index in [9.17, 15) is 9.90 Å². The first-order valence-electron chi connectivity index (χ1n) is 8.23. The quantitative estimate of drug-likeness (QED) is 0.842. The summed E-state index contributed by atoms with van der Waals surface area (Å²) in [4.78, 5) is 16.9. The van der Waals surface area contributed by atoms with E-state index in [0.717, 1.165) is 5.56 Å². The van der Waals surface area contributed by atoms with Crippen molar-refractivity contribution in [1.82, 2.24) is 10.3 Å². The molecule has 2 aromatic rings. The van der Waals surface area contributed by atoms with E-state index in [-0.39, 0.29) is 24.0 Å². The summed E-state index contributed by atoms with van der Waals surface area (Å²) >= 11 is 0. The van der Waals surface area contributed by atoms with E-state index in [1.165, 1.54) is 0 Å². The van der Waals surface area contributed by atoms with Crippen LogP contribution in [0.4, 0.5) is 0 Å². The van der Waals surface area contributed by atoms with E-state index in [1.54, 1.807) is 50.7 Å². The summed E-state index contributed by atoms with van der Waals surface area (Å²) in [5, 5.41) is 12.7. The summed E-state index contributed by atoms with van der Waals surface area (Å²) in [5.74, 6) is 1.16. The van der Waals surface area contributed by atoms with Crippen LogP contribution in [0, 0.1) is 5.92 Å². The zero-order valence-corrected chi connectivity index (χ0v) is 14.3. The van der Waals surface area contributed by atoms with Crippen LogP contribution in [0.25, 0.3) is 0 Å². The number of aromatic nitrogens is 1. The van der Waals surface area contributed by atoms with Crippen molar-refractivity contribution in [3.63, 3.8) is 0 Å². The molecule has 0 saturated heterocycles. The highest BCUT2D eigenvalue weighted by atomic mass is 16.5.